The third-order valence-corrected chi connectivity index (χ3v) is 6.14. The van der Waals surface area contributed by atoms with Crippen LogP contribution >= 0.6 is 11.6 Å². The van der Waals surface area contributed by atoms with Gasteiger partial charge in [-0.15, -0.1) is 0 Å². The lowest BCUT2D eigenvalue weighted by atomic mass is 10.1. The van der Waals surface area contributed by atoms with Gasteiger partial charge in [-0.1, -0.05) is 37.6 Å². The van der Waals surface area contributed by atoms with Crippen molar-refractivity contribution >= 4 is 33.0 Å². The first-order chi connectivity index (χ1) is 12.6. The SMILES string of the molecule is CC(C)CCNC(=O)c1ccc(S(=O)(=O)c2ccccc2Cl)c([N+](=O)[O-])c1. The van der Waals surface area contributed by atoms with Gasteiger partial charge < -0.3 is 5.32 Å². The van der Waals surface area contributed by atoms with Crippen molar-refractivity contribution in [3.63, 3.8) is 0 Å². The Kier molecular flexibility index (Phi) is 6.56. The number of benzene rings is 2. The first kappa shape index (κ1) is 20.9. The molecule has 0 spiro atoms. The van der Waals surface area contributed by atoms with Gasteiger partial charge >= 0.3 is 0 Å². The molecule has 1 amide bonds. The van der Waals surface area contributed by atoms with Crippen LogP contribution in [-0.4, -0.2) is 25.8 Å². The molecule has 1 N–H and O–H groups in total. The maximum Gasteiger partial charge on any atom is 0.289 e. The molecule has 0 aromatic heterocycles. The maximum atomic E-state index is 12.8. The van der Waals surface area contributed by atoms with Crippen LogP contribution in [0.5, 0.6) is 0 Å². The summed E-state index contributed by atoms with van der Waals surface area (Å²) in [6, 6.07) is 8.97. The zero-order valence-electron chi connectivity index (χ0n) is 14.8. The number of nitrogens with zero attached hydrogens (tertiary/aromatic N) is 1. The van der Waals surface area contributed by atoms with Crippen LogP contribution in [0, 0.1) is 16.0 Å². The number of halogens is 1. The normalized spacial score (nSPS) is 11.4. The molecule has 0 saturated carbocycles. The molecule has 0 radical (unpaired) electrons. The first-order valence-corrected chi connectivity index (χ1v) is 10.1. The van der Waals surface area contributed by atoms with Gasteiger partial charge in [0.25, 0.3) is 11.6 Å². The Labute approximate surface area is 162 Å². The number of hydrogen-bond donors (Lipinski definition) is 1. The number of carbonyl (C=O) groups is 1. The molecule has 0 bridgehead atoms. The molecule has 0 fully saturated rings. The van der Waals surface area contributed by atoms with Crippen LogP contribution in [0.4, 0.5) is 5.69 Å². The van der Waals surface area contributed by atoms with Gasteiger partial charge in [-0.25, -0.2) is 8.42 Å². The van der Waals surface area contributed by atoms with Gasteiger partial charge in [0, 0.05) is 18.2 Å². The number of nitrogens with one attached hydrogen (secondary N) is 1. The number of amides is 1. The Morgan fingerprint density at radius 3 is 2.44 bits per heavy atom. The molecule has 0 aliphatic heterocycles. The van der Waals surface area contributed by atoms with Crippen LogP contribution in [0.2, 0.25) is 5.02 Å². The van der Waals surface area contributed by atoms with E-state index in [-0.39, 0.29) is 15.5 Å². The van der Waals surface area contributed by atoms with Crippen molar-refractivity contribution in [2.45, 2.75) is 30.1 Å². The van der Waals surface area contributed by atoms with Crippen molar-refractivity contribution in [3.05, 3.63) is 63.2 Å². The van der Waals surface area contributed by atoms with Crippen molar-refractivity contribution in [2.75, 3.05) is 6.54 Å². The highest BCUT2D eigenvalue weighted by Crippen LogP contribution is 2.33. The minimum Gasteiger partial charge on any atom is -0.352 e. The van der Waals surface area contributed by atoms with Gasteiger partial charge in [0.15, 0.2) is 0 Å². The van der Waals surface area contributed by atoms with E-state index < -0.39 is 31.3 Å². The number of sulfone groups is 1. The predicted molar refractivity (Wildman–Crippen MR) is 102 cm³/mol. The van der Waals surface area contributed by atoms with E-state index in [1.807, 2.05) is 13.8 Å². The molecule has 2 rings (SSSR count). The van der Waals surface area contributed by atoms with Crippen LogP contribution < -0.4 is 5.32 Å². The second kappa shape index (κ2) is 8.49. The fraction of sp³-hybridized carbons (Fsp3) is 0.278. The largest absolute Gasteiger partial charge is 0.352 e. The summed E-state index contributed by atoms with van der Waals surface area (Å²) in [7, 11) is -4.22. The molecule has 144 valence electrons. The first-order valence-electron chi connectivity index (χ1n) is 8.21. The predicted octanol–water partition coefficient (Wildman–Crippen LogP) is 3.86. The molecule has 0 heterocycles. The van der Waals surface area contributed by atoms with Crippen molar-refractivity contribution in [1.82, 2.24) is 5.32 Å². The molecule has 2 aromatic rings. The number of carbonyl (C=O) groups excluding carboxylic acids is 1. The molecule has 0 saturated heterocycles. The van der Waals surface area contributed by atoms with E-state index in [9.17, 15) is 23.3 Å². The van der Waals surface area contributed by atoms with E-state index in [1.165, 1.54) is 24.3 Å². The van der Waals surface area contributed by atoms with Crippen LogP contribution in [-0.2, 0) is 9.84 Å². The fourth-order valence-electron chi connectivity index (χ4n) is 2.39. The Balaban J connectivity index is 2.43. The number of rotatable bonds is 7. The quantitative estimate of drug-likeness (QED) is 0.551. The molecular formula is C18H19ClN2O5S. The third-order valence-electron chi connectivity index (χ3n) is 3.84. The van der Waals surface area contributed by atoms with Crippen LogP contribution in [0.3, 0.4) is 0 Å². The monoisotopic (exact) mass is 410 g/mol. The summed E-state index contributed by atoms with van der Waals surface area (Å²) >= 11 is 5.94. The summed E-state index contributed by atoms with van der Waals surface area (Å²) in [5.41, 5.74) is -0.657. The highest BCUT2D eigenvalue weighted by atomic mass is 35.5. The highest BCUT2D eigenvalue weighted by Gasteiger charge is 2.30. The van der Waals surface area contributed by atoms with Crippen LogP contribution in [0.1, 0.15) is 30.6 Å². The summed E-state index contributed by atoms with van der Waals surface area (Å²) < 4.78 is 25.6. The molecule has 0 aliphatic rings. The molecule has 0 atom stereocenters. The van der Waals surface area contributed by atoms with E-state index in [4.69, 9.17) is 11.6 Å². The fourth-order valence-corrected chi connectivity index (χ4v) is 4.30. The number of nitro benzene ring substituents is 1. The summed E-state index contributed by atoms with van der Waals surface area (Å²) in [6.07, 6.45) is 0.757. The zero-order chi connectivity index (χ0) is 20.2. The average Bonchev–Trinajstić information content (AvgIpc) is 2.60. The van der Waals surface area contributed by atoms with Crippen molar-refractivity contribution in [2.24, 2.45) is 5.92 Å². The van der Waals surface area contributed by atoms with Crippen LogP contribution in [0.25, 0.3) is 0 Å². The molecule has 7 nitrogen and oxygen atoms in total. The van der Waals surface area contributed by atoms with Gasteiger partial charge in [0.1, 0.15) is 4.90 Å². The number of hydrogen-bond acceptors (Lipinski definition) is 5. The zero-order valence-corrected chi connectivity index (χ0v) is 16.4. The minimum atomic E-state index is -4.22. The maximum absolute atomic E-state index is 12.8. The minimum absolute atomic E-state index is 0.0172. The second-order valence-electron chi connectivity index (χ2n) is 6.31. The van der Waals surface area contributed by atoms with Gasteiger partial charge in [-0.05, 0) is 36.6 Å². The Bertz CT molecular complexity index is 973. The highest BCUT2D eigenvalue weighted by molar-refractivity contribution is 7.91. The summed E-state index contributed by atoms with van der Waals surface area (Å²) in [5.74, 6) is -0.108. The second-order valence-corrected chi connectivity index (χ2v) is 8.61. The van der Waals surface area contributed by atoms with E-state index in [2.05, 4.69) is 5.32 Å². The lowest BCUT2D eigenvalue weighted by Gasteiger charge is -2.10. The van der Waals surface area contributed by atoms with E-state index >= 15 is 0 Å². The van der Waals surface area contributed by atoms with Crippen molar-refractivity contribution in [1.29, 1.82) is 0 Å². The molecule has 0 unspecified atom stereocenters. The molecule has 0 aliphatic carbocycles. The lowest BCUT2D eigenvalue weighted by molar-refractivity contribution is -0.387. The molecule has 2 aromatic carbocycles. The van der Waals surface area contributed by atoms with Gasteiger partial charge in [-0.2, -0.15) is 0 Å². The summed E-state index contributed by atoms with van der Waals surface area (Å²) in [6.45, 7) is 4.43. The molecule has 27 heavy (non-hydrogen) atoms. The number of nitro groups is 1. The topological polar surface area (TPSA) is 106 Å². The van der Waals surface area contributed by atoms with Crippen LogP contribution in [0.15, 0.2) is 52.3 Å². The van der Waals surface area contributed by atoms with Crippen molar-refractivity contribution in [3.8, 4) is 0 Å². The van der Waals surface area contributed by atoms with Crippen molar-refractivity contribution < 1.29 is 18.1 Å². The molecule has 9 heteroatoms. The smallest absolute Gasteiger partial charge is 0.289 e. The van der Waals surface area contributed by atoms with E-state index in [0.29, 0.717) is 12.5 Å². The van der Waals surface area contributed by atoms with E-state index in [1.54, 1.807) is 6.07 Å². The Morgan fingerprint density at radius 2 is 1.85 bits per heavy atom. The summed E-state index contributed by atoms with van der Waals surface area (Å²) in [5, 5.41) is 14.1. The van der Waals surface area contributed by atoms with Gasteiger partial charge in [0.2, 0.25) is 9.84 Å². The average molecular weight is 411 g/mol. The molecular weight excluding hydrogens is 392 g/mol. The Morgan fingerprint density at radius 1 is 1.19 bits per heavy atom. The standard InChI is InChI=1S/C18H19ClN2O5S/c1-12(2)9-10-20-18(22)13-7-8-17(15(11-13)21(23)24)27(25,26)16-6-4-3-5-14(16)19/h3-8,11-12H,9-10H2,1-2H3,(H,20,22). The van der Waals surface area contributed by atoms with Gasteiger partial charge in [0.05, 0.1) is 14.8 Å². The summed E-state index contributed by atoms with van der Waals surface area (Å²) in [4.78, 5) is 22.0. The van der Waals surface area contributed by atoms with Gasteiger partial charge in [-0.3, -0.25) is 14.9 Å². The Hall–Kier alpha value is -2.45. The lowest BCUT2D eigenvalue weighted by Crippen LogP contribution is -2.25. The third kappa shape index (κ3) is 4.84. The van der Waals surface area contributed by atoms with E-state index in [0.717, 1.165) is 18.6 Å².